The SMILES string of the molecule is CCCCCCCC/C=C\CCCCCCCC(=O)OC(COC(=O)CCCCCCC/C=C\CCCCCCCC(Br)(Br)Br)COC(=O)CCCCCCC/C=C\CCCCCCCC(Br)(Br)Br. The predicted octanol–water partition coefficient (Wildman–Crippen LogP) is 21.7. The van der Waals surface area contributed by atoms with Crippen LogP contribution in [0.5, 0.6) is 0 Å². The van der Waals surface area contributed by atoms with Gasteiger partial charge in [-0.2, -0.15) is 0 Å². The molecule has 6 nitrogen and oxygen atoms in total. The van der Waals surface area contributed by atoms with Crippen LogP contribution in [0.3, 0.4) is 0 Å². The fraction of sp³-hybridized carbons (Fsp3) is 0.842. The van der Waals surface area contributed by atoms with Crippen LogP contribution >= 0.6 is 95.6 Å². The highest BCUT2D eigenvalue weighted by Crippen LogP contribution is 2.39. The average molecular weight is 1360 g/mol. The Hall–Kier alpha value is 0.510. The van der Waals surface area contributed by atoms with Gasteiger partial charge >= 0.3 is 17.9 Å². The molecule has 0 saturated carbocycles. The number of esters is 3. The first-order valence-corrected chi connectivity index (χ1v) is 32.7. The maximum Gasteiger partial charge on any atom is 0.306 e. The Morgan fingerprint density at radius 2 is 0.594 bits per heavy atom. The third-order valence-corrected chi connectivity index (χ3v) is 14.7. The van der Waals surface area contributed by atoms with Crippen molar-refractivity contribution >= 4 is 113 Å². The Morgan fingerprint density at radius 3 is 0.884 bits per heavy atom. The lowest BCUT2D eigenvalue weighted by Gasteiger charge is -2.18. The molecule has 0 saturated heterocycles. The fourth-order valence-corrected chi connectivity index (χ4v) is 9.73. The smallest absolute Gasteiger partial charge is 0.306 e. The number of ether oxygens (including phenoxy) is 3. The number of hydrogen-bond donors (Lipinski definition) is 0. The van der Waals surface area contributed by atoms with Crippen molar-refractivity contribution in [2.45, 2.75) is 287 Å². The summed E-state index contributed by atoms with van der Waals surface area (Å²) in [6.07, 6.45) is 59.4. The molecule has 0 aliphatic rings. The van der Waals surface area contributed by atoms with E-state index in [0.29, 0.717) is 19.3 Å². The zero-order valence-electron chi connectivity index (χ0n) is 43.4. The second kappa shape index (κ2) is 52.0. The van der Waals surface area contributed by atoms with Gasteiger partial charge in [-0.25, -0.2) is 0 Å². The van der Waals surface area contributed by atoms with Crippen LogP contribution in [-0.2, 0) is 28.6 Å². The minimum Gasteiger partial charge on any atom is -0.462 e. The maximum atomic E-state index is 12.9. The second-order valence-corrected chi connectivity index (χ2v) is 33.7. The van der Waals surface area contributed by atoms with Crippen LogP contribution in [0.1, 0.15) is 277 Å². The number of carbonyl (C=O) groups excluding carboxylic acids is 3. The summed E-state index contributed by atoms with van der Waals surface area (Å²) in [5.41, 5.74) is 0. The van der Waals surface area contributed by atoms with E-state index in [1.54, 1.807) is 0 Å². The van der Waals surface area contributed by atoms with E-state index >= 15 is 0 Å². The van der Waals surface area contributed by atoms with Crippen LogP contribution in [0, 0.1) is 0 Å². The van der Waals surface area contributed by atoms with E-state index < -0.39 is 6.10 Å². The van der Waals surface area contributed by atoms with Gasteiger partial charge in [-0.1, -0.05) is 280 Å². The zero-order valence-corrected chi connectivity index (χ0v) is 52.9. The molecule has 0 unspecified atom stereocenters. The first-order valence-electron chi connectivity index (χ1n) is 27.9. The number of allylic oxidation sites excluding steroid dienone is 6. The van der Waals surface area contributed by atoms with Crippen molar-refractivity contribution in [1.82, 2.24) is 0 Å². The predicted molar refractivity (Wildman–Crippen MR) is 318 cm³/mol. The van der Waals surface area contributed by atoms with E-state index in [2.05, 4.69) is 139 Å². The van der Waals surface area contributed by atoms with Gasteiger partial charge in [-0.05, 0) is 109 Å². The molecule has 69 heavy (non-hydrogen) atoms. The Kier molecular flexibility index (Phi) is 52.4. The summed E-state index contributed by atoms with van der Waals surface area (Å²) in [4.78, 5) is 38.2. The molecule has 0 aliphatic carbocycles. The molecule has 0 amide bonds. The van der Waals surface area contributed by atoms with Crippen molar-refractivity contribution < 1.29 is 28.6 Å². The van der Waals surface area contributed by atoms with E-state index in [1.807, 2.05) is 0 Å². The summed E-state index contributed by atoms with van der Waals surface area (Å²) in [6, 6.07) is 0. The average Bonchev–Trinajstić information content (AvgIpc) is 3.30. The van der Waals surface area contributed by atoms with E-state index in [9.17, 15) is 14.4 Å². The molecular formula is C57H98Br6O6. The van der Waals surface area contributed by atoms with Gasteiger partial charge in [0.15, 0.2) is 6.10 Å². The van der Waals surface area contributed by atoms with Crippen LogP contribution in [0.2, 0.25) is 0 Å². The Balaban J connectivity index is 4.40. The lowest BCUT2D eigenvalue weighted by Crippen LogP contribution is -2.30. The summed E-state index contributed by atoms with van der Waals surface area (Å²) in [6.45, 7) is 2.08. The molecule has 12 heteroatoms. The number of carbonyl (C=O) groups is 3. The van der Waals surface area contributed by atoms with Crippen LogP contribution < -0.4 is 0 Å². The summed E-state index contributed by atoms with van der Waals surface area (Å²) >= 11 is 21.4. The normalized spacial score (nSPS) is 12.3. The lowest BCUT2D eigenvalue weighted by atomic mass is 10.1. The highest BCUT2D eigenvalue weighted by atomic mass is 80.0. The first-order chi connectivity index (χ1) is 33.3. The fourth-order valence-electron chi connectivity index (χ4n) is 8.05. The van der Waals surface area contributed by atoms with Crippen molar-refractivity contribution in [2.24, 2.45) is 0 Å². The summed E-state index contributed by atoms with van der Waals surface area (Å²) in [7, 11) is 0. The van der Waals surface area contributed by atoms with Crippen LogP contribution in [0.4, 0.5) is 0 Å². The van der Waals surface area contributed by atoms with Gasteiger partial charge in [0, 0.05) is 19.3 Å². The topological polar surface area (TPSA) is 78.9 Å². The zero-order chi connectivity index (χ0) is 50.8. The molecule has 0 spiro atoms. The lowest BCUT2D eigenvalue weighted by molar-refractivity contribution is -0.167. The Bertz CT molecular complexity index is 1200. The second-order valence-electron chi connectivity index (χ2n) is 19.2. The minimum atomic E-state index is -0.795. The highest BCUT2D eigenvalue weighted by molar-refractivity contribution is 9.39. The first kappa shape index (κ1) is 69.5. The molecule has 0 aromatic carbocycles. The van der Waals surface area contributed by atoms with Gasteiger partial charge in [0.25, 0.3) is 0 Å². The minimum absolute atomic E-state index is 0.0928. The van der Waals surface area contributed by atoms with Gasteiger partial charge in [0.2, 0.25) is 0 Å². The van der Waals surface area contributed by atoms with Crippen molar-refractivity contribution in [3.8, 4) is 0 Å². The summed E-state index contributed by atoms with van der Waals surface area (Å²) in [5, 5.41) is 0. The Labute approximate surface area is 474 Å². The number of rotatable bonds is 50. The van der Waals surface area contributed by atoms with Crippen molar-refractivity contribution in [1.29, 1.82) is 0 Å². The molecule has 0 rings (SSSR count). The van der Waals surface area contributed by atoms with Crippen molar-refractivity contribution in [3.63, 3.8) is 0 Å². The Morgan fingerprint density at radius 1 is 0.348 bits per heavy atom. The third-order valence-electron chi connectivity index (χ3n) is 12.3. The summed E-state index contributed by atoms with van der Waals surface area (Å²) < 4.78 is 16.7. The number of unbranched alkanes of at least 4 members (excludes halogenated alkanes) is 31. The van der Waals surface area contributed by atoms with Crippen LogP contribution in [0.25, 0.3) is 0 Å². The van der Waals surface area contributed by atoms with E-state index in [-0.39, 0.29) is 35.4 Å². The van der Waals surface area contributed by atoms with Crippen molar-refractivity contribution in [3.05, 3.63) is 36.5 Å². The van der Waals surface area contributed by atoms with Gasteiger partial charge in [-0.15, -0.1) is 0 Å². The highest BCUT2D eigenvalue weighted by Gasteiger charge is 2.20. The van der Waals surface area contributed by atoms with Gasteiger partial charge < -0.3 is 14.2 Å². The van der Waals surface area contributed by atoms with Crippen LogP contribution in [0.15, 0.2) is 36.5 Å². The maximum absolute atomic E-state index is 12.9. The number of hydrogen-bond acceptors (Lipinski definition) is 6. The standard InChI is InChI=1S/C57H98Br6O6/c1-2-3-4-5-6-7-8-9-10-17-22-27-32-37-42-47-55(66)69-52(50-67-53(64)45-40-35-30-25-20-15-11-13-18-23-28-33-38-43-48-56(58,59)60)51-68-54(65)46-41-36-31-26-21-16-12-14-19-24-29-34-39-44-49-57(61,62)63/h9-14,52H,2-8,15-51H2,1H3/b10-9-,13-11-,14-12-. The van der Waals surface area contributed by atoms with E-state index in [4.69, 9.17) is 14.2 Å². The number of halogens is 6. The largest absolute Gasteiger partial charge is 0.462 e. The molecule has 404 valence electrons. The van der Waals surface area contributed by atoms with Gasteiger partial charge in [-0.3, -0.25) is 14.4 Å². The molecule has 0 aliphatic heterocycles. The molecule has 0 aromatic heterocycles. The molecular weight excluding hydrogens is 1260 g/mol. The third kappa shape index (κ3) is 59.3. The van der Waals surface area contributed by atoms with E-state index in [1.165, 1.54) is 128 Å². The van der Waals surface area contributed by atoms with Crippen LogP contribution in [-0.4, -0.2) is 41.5 Å². The molecule has 0 heterocycles. The molecule has 0 N–H and O–H groups in total. The van der Waals surface area contributed by atoms with Gasteiger partial charge in [0.1, 0.15) is 17.5 Å². The molecule has 0 aromatic rings. The van der Waals surface area contributed by atoms with Crippen molar-refractivity contribution in [2.75, 3.05) is 13.2 Å². The molecule has 0 bridgehead atoms. The molecule has 0 radical (unpaired) electrons. The molecule has 0 fully saturated rings. The monoisotopic (exact) mass is 1350 g/mol. The van der Waals surface area contributed by atoms with E-state index in [0.717, 1.165) is 122 Å². The summed E-state index contributed by atoms with van der Waals surface area (Å²) in [5.74, 6) is -0.923. The van der Waals surface area contributed by atoms with Gasteiger partial charge in [0.05, 0.1) is 0 Å². The number of alkyl halides is 6. The molecule has 0 atom stereocenters. The quantitative estimate of drug-likeness (QED) is 0.0199.